The molecule has 0 spiro atoms. The highest BCUT2D eigenvalue weighted by Gasteiger charge is 2.08. The minimum atomic E-state index is 0.706. The third-order valence-corrected chi connectivity index (χ3v) is 4.28. The molecule has 0 radical (unpaired) electrons. The van der Waals surface area contributed by atoms with E-state index in [0.29, 0.717) is 12.3 Å². The molecule has 1 aromatic carbocycles. The van der Waals surface area contributed by atoms with Gasteiger partial charge in [0.2, 0.25) is 4.80 Å². The average Bonchev–Trinajstić information content (AvgIpc) is 3.19. The molecule has 0 aliphatic carbocycles. The smallest absolute Gasteiger partial charge is 0.206 e. The predicted octanol–water partition coefficient (Wildman–Crippen LogP) is 3.93. The van der Waals surface area contributed by atoms with Gasteiger partial charge >= 0.3 is 0 Å². The van der Waals surface area contributed by atoms with Crippen LogP contribution in [-0.4, -0.2) is 24.5 Å². The highest BCUT2D eigenvalue weighted by Crippen LogP contribution is 2.23. The zero-order valence-electron chi connectivity index (χ0n) is 13.9. The fourth-order valence-corrected chi connectivity index (χ4v) is 3.15. The number of ether oxygens (including phenoxy) is 1. The molecule has 0 saturated heterocycles. The van der Waals surface area contributed by atoms with Gasteiger partial charge in [-0.15, -0.1) is 11.3 Å². The minimum absolute atomic E-state index is 0.706. The molecule has 5 nitrogen and oxygen atoms in total. The number of hydrogen-bond acceptors (Lipinski definition) is 5. The van der Waals surface area contributed by atoms with E-state index < -0.39 is 0 Å². The molecule has 0 unspecified atom stereocenters. The number of nitrogens with zero attached hydrogens (tertiary/aromatic N) is 3. The molecule has 0 atom stereocenters. The van der Waals surface area contributed by atoms with E-state index in [2.05, 4.69) is 15.5 Å². The van der Waals surface area contributed by atoms with Crippen molar-refractivity contribution in [2.24, 2.45) is 10.1 Å². The molecule has 0 aliphatic heterocycles. The Morgan fingerprint density at radius 2 is 2.00 bits per heavy atom. The second kappa shape index (κ2) is 7.31. The van der Waals surface area contributed by atoms with Crippen LogP contribution >= 0.6 is 11.3 Å². The number of thiazole rings is 1. The summed E-state index contributed by atoms with van der Waals surface area (Å²) in [7, 11) is 1.66. The van der Waals surface area contributed by atoms with Crippen LogP contribution in [0.3, 0.4) is 0 Å². The minimum Gasteiger partial charge on any atom is -0.497 e. The molecule has 24 heavy (non-hydrogen) atoms. The van der Waals surface area contributed by atoms with Crippen molar-refractivity contribution in [1.29, 1.82) is 0 Å². The molecule has 0 saturated carbocycles. The average molecular weight is 341 g/mol. The van der Waals surface area contributed by atoms with Crippen molar-refractivity contribution in [2.75, 3.05) is 13.7 Å². The summed E-state index contributed by atoms with van der Waals surface area (Å²) in [5.74, 6) is 2.41. The molecule has 0 aliphatic rings. The Balaban J connectivity index is 2.03. The highest BCUT2D eigenvalue weighted by molar-refractivity contribution is 7.07. The number of hydrogen-bond donors (Lipinski definition) is 0. The topological polar surface area (TPSA) is 52.0 Å². The molecule has 0 N–H and O–H groups in total. The van der Waals surface area contributed by atoms with Crippen molar-refractivity contribution < 1.29 is 9.15 Å². The maximum Gasteiger partial charge on any atom is 0.206 e. The lowest BCUT2D eigenvalue weighted by atomic mass is 10.2. The summed E-state index contributed by atoms with van der Waals surface area (Å²) >= 11 is 1.57. The number of methoxy groups -OCH3 is 1. The Bertz CT molecular complexity index is 901. The Morgan fingerprint density at radius 3 is 2.62 bits per heavy atom. The Labute approximate surface area is 144 Å². The number of furan rings is 1. The van der Waals surface area contributed by atoms with Crippen LogP contribution in [0.5, 0.6) is 5.75 Å². The summed E-state index contributed by atoms with van der Waals surface area (Å²) in [6.07, 6.45) is 1.71. The van der Waals surface area contributed by atoms with Crippen LogP contribution in [0.4, 0.5) is 0 Å². The maximum atomic E-state index is 5.55. The first-order chi connectivity index (χ1) is 11.7. The Hall–Kier alpha value is -2.60. The number of aromatic nitrogens is 1. The molecule has 0 amide bonds. The van der Waals surface area contributed by atoms with E-state index in [1.54, 1.807) is 24.7 Å². The van der Waals surface area contributed by atoms with E-state index >= 15 is 0 Å². The van der Waals surface area contributed by atoms with Gasteiger partial charge in [-0.05, 0) is 50.2 Å². The van der Waals surface area contributed by atoms with Gasteiger partial charge in [0.15, 0.2) is 0 Å². The van der Waals surface area contributed by atoms with Crippen LogP contribution in [0.1, 0.15) is 18.4 Å². The van der Waals surface area contributed by atoms with E-state index in [1.165, 1.54) is 0 Å². The van der Waals surface area contributed by atoms with Crippen molar-refractivity contribution in [3.8, 4) is 17.0 Å². The summed E-state index contributed by atoms with van der Waals surface area (Å²) in [6.45, 7) is 4.63. The van der Waals surface area contributed by atoms with Gasteiger partial charge in [-0.1, -0.05) is 0 Å². The van der Waals surface area contributed by atoms with Crippen molar-refractivity contribution in [1.82, 2.24) is 4.68 Å². The summed E-state index contributed by atoms with van der Waals surface area (Å²) in [4.78, 5) is 5.37. The van der Waals surface area contributed by atoms with E-state index in [9.17, 15) is 0 Å². The first-order valence-corrected chi connectivity index (χ1v) is 8.55. The van der Waals surface area contributed by atoms with E-state index in [-0.39, 0.29) is 0 Å². The van der Waals surface area contributed by atoms with Crippen molar-refractivity contribution in [3.05, 3.63) is 58.1 Å². The molecule has 0 bridgehead atoms. The third kappa shape index (κ3) is 3.49. The van der Waals surface area contributed by atoms with Crippen LogP contribution in [0.15, 0.2) is 56.3 Å². The fraction of sp³-hybridized carbons (Fsp3) is 0.222. The molecule has 124 valence electrons. The summed E-state index contributed by atoms with van der Waals surface area (Å²) in [6, 6.07) is 11.7. The molecular weight excluding hydrogens is 322 g/mol. The lowest BCUT2D eigenvalue weighted by Gasteiger charge is -2.04. The molecule has 2 aromatic heterocycles. The van der Waals surface area contributed by atoms with Gasteiger partial charge in [-0.3, -0.25) is 4.99 Å². The number of aryl methyl sites for hydroxylation is 1. The summed E-state index contributed by atoms with van der Waals surface area (Å²) in [5, 5.41) is 6.63. The molecule has 2 heterocycles. The molecule has 3 rings (SSSR count). The van der Waals surface area contributed by atoms with Crippen molar-refractivity contribution in [3.63, 3.8) is 0 Å². The van der Waals surface area contributed by atoms with Crippen LogP contribution < -0.4 is 9.54 Å². The van der Waals surface area contributed by atoms with Crippen LogP contribution in [0, 0.1) is 6.92 Å². The van der Waals surface area contributed by atoms with Gasteiger partial charge in [0.05, 0.1) is 19.0 Å². The molecule has 3 aromatic rings. The standard InChI is InChI=1S/C18H19N3O2S/c1-4-19-18-21(20-11-16-8-5-13(2)23-16)17(12-24-18)14-6-9-15(22-3)10-7-14/h5-12H,4H2,1-3H3. The largest absolute Gasteiger partial charge is 0.497 e. The summed E-state index contributed by atoms with van der Waals surface area (Å²) < 4.78 is 12.6. The molecule has 0 fully saturated rings. The van der Waals surface area contributed by atoms with E-state index in [1.807, 2.05) is 54.9 Å². The van der Waals surface area contributed by atoms with Crippen LogP contribution in [-0.2, 0) is 0 Å². The lowest BCUT2D eigenvalue weighted by Crippen LogP contribution is -2.12. The molecule has 6 heteroatoms. The normalized spacial score (nSPS) is 12.2. The van der Waals surface area contributed by atoms with Gasteiger partial charge in [0.25, 0.3) is 0 Å². The van der Waals surface area contributed by atoms with Crippen molar-refractivity contribution in [2.45, 2.75) is 13.8 Å². The molecular formula is C18H19N3O2S. The highest BCUT2D eigenvalue weighted by atomic mass is 32.1. The quantitative estimate of drug-likeness (QED) is 0.660. The van der Waals surface area contributed by atoms with Crippen LogP contribution in [0.2, 0.25) is 0 Å². The van der Waals surface area contributed by atoms with Crippen molar-refractivity contribution >= 4 is 17.6 Å². The number of benzene rings is 1. The van der Waals surface area contributed by atoms with Gasteiger partial charge in [-0.2, -0.15) is 5.10 Å². The SMILES string of the molecule is CCN=c1scc(-c2ccc(OC)cc2)n1N=Cc1ccc(C)o1. The first kappa shape index (κ1) is 16.3. The van der Waals surface area contributed by atoms with Gasteiger partial charge in [0.1, 0.15) is 17.3 Å². The fourth-order valence-electron chi connectivity index (χ4n) is 2.25. The number of rotatable bonds is 5. The van der Waals surface area contributed by atoms with Gasteiger partial charge < -0.3 is 9.15 Å². The predicted molar refractivity (Wildman–Crippen MR) is 96.8 cm³/mol. The Kier molecular flexibility index (Phi) is 4.96. The second-order valence-corrected chi connectivity index (χ2v) is 5.95. The third-order valence-electron chi connectivity index (χ3n) is 3.43. The lowest BCUT2D eigenvalue weighted by molar-refractivity contribution is 0.415. The summed E-state index contributed by atoms with van der Waals surface area (Å²) in [5.41, 5.74) is 2.03. The van der Waals surface area contributed by atoms with Gasteiger partial charge in [-0.25, -0.2) is 4.68 Å². The van der Waals surface area contributed by atoms with E-state index in [0.717, 1.165) is 27.6 Å². The second-order valence-electron chi connectivity index (χ2n) is 5.11. The van der Waals surface area contributed by atoms with E-state index in [4.69, 9.17) is 9.15 Å². The zero-order valence-corrected chi connectivity index (χ0v) is 14.7. The van der Waals surface area contributed by atoms with Gasteiger partial charge in [0, 0.05) is 17.5 Å². The monoisotopic (exact) mass is 341 g/mol. The zero-order chi connectivity index (χ0) is 16.9. The first-order valence-electron chi connectivity index (χ1n) is 7.67. The maximum absolute atomic E-state index is 5.55. The Morgan fingerprint density at radius 1 is 1.21 bits per heavy atom. The van der Waals surface area contributed by atoms with Crippen LogP contribution in [0.25, 0.3) is 11.3 Å².